The highest BCUT2D eigenvalue weighted by molar-refractivity contribution is 6.34. The summed E-state index contributed by atoms with van der Waals surface area (Å²) in [5.74, 6) is -0.183. The summed E-state index contributed by atoms with van der Waals surface area (Å²) >= 11 is 6.02. The third-order valence-corrected chi connectivity index (χ3v) is 2.66. The summed E-state index contributed by atoms with van der Waals surface area (Å²) in [6.45, 7) is 1.77. The first-order valence-corrected chi connectivity index (χ1v) is 5.69. The van der Waals surface area contributed by atoms with Crippen LogP contribution in [0.3, 0.4) is 0 Å². The van der Waals surface area contributed by atoms with Crippen LogP contribution in [-0.4, -0.2) is 11.6 Å². The van der Waals surface area contributed by atoms with Crippen LogP contribution in [0.15, 0.2) is 52.2 Å². The van der Waals surface area contributed by atoms with Gasteiger partial charge in [-0.3, -0.25) is 4.79 Å². The highest BCUT2D eigenvalue weighted by Gasteiger charge is 2.08. The van der Waals surface area contributed by atoms with E-state index >= 15 is 0 Å². The number of hydrazone groups is 1. The van der Waals surface area contributed by atoms with Crippen LogP contribution in [-0.2, 0) is 0 Å². The Morgan fingerprint density at radius 1 is 1.28 bits per heavy atom. The van der Waals surface area contributed by atoms with E-state index in [9.17, 15) is 4.79 Å². The maximum Gasteiger partial charge on any atom is 0.307 e. The molecule has 0 aliphatic rings. The van der Waals surface area contributed by atoms with Crippen LogP contribution in [0.4, 0.5) is 0 Å². The van der Waals surface area contributed by atoms with Gasteiger partial charge < -0.3 is 4.42 Å². The minimum atomic E-state index is -0.397. The zero-order valence-corrected chi connectivity index (χ0v) is 10.4. The third-order valence-electron chi connectivity index (χ3n) is 2.33. The van der Waals surface area contributed by atoms with Crippen LogP contribution in [0.2, 0.25) is 5.02 Å². The normalized spacial score (nSPS) is 11.3. The van der Waals surface area contributed by atoms with Crippen molar-refractivity contribution in [3.05, 3.63) is 59.0 Å². The molecule has 1 aromatic heterocycles. The van der Waals surface area contributed by atoms with Gasteiger partial charge in [-0.15, -0.1) is 0 Å². The molecule has 0 bridgehead atoms. The molecule has 2 aromatic rings. The van der Waals surface area contributed by atoms with Crippen molar-refractivity contribution < 1.29 is 9.21 Å². The van der Waals surface area contributed by atoms with Crippen LogP contribution in [0.25, 0.3) is 0 Å². The number of nitrogens with one attached hydrogen (secondary N) is 1. The van der Waals surface area contributed by atoms with Crippen LogP contribution in [0.5, 0.6) is 0 Å². The van der Waals surface area contributed by atoms with Crippen LogP contribution in [0, 0.1) is 0 Å². The van der Waals surface area contributed by atoms with Gasteiger partial charge in [-0.1, -0.05) is 29.8 Å². The van der Waals surface area contributed by atoms with Crippen molar-refractivity contribution in [2.45, 2.75) is 6.92 Å². The molecule has 0 aliphatic heterocycles. The maximum absolute atomic E-state index is 11.6. The Labute approximate surface area is 109 Å². The lowest BCUT2D eigenvalue weighted by Gasteiger charge is -2.03. The Balaban J connectivity index is 2.11. The number of carbonyl (C=O) groups is 1. The first-order valence-electron chi connectivity index (χ1n) is 5.31. The van der Waals surface area contributed by atoms with E-state index in [0.29, 0.717) is 10.7 Å². The van der Waals surface area contributed by atoms with E-state index in [0.717, 1.165) is 5.56 Å². The minimum Gasteiger partial charge on any atom is -0.459 e. The number of amides is 1. The second kappa shape index (κ2) is 5.51. The number of benzene rings is 1. The fourth-order valence-corrected chi connectivity index (χ4v) is 1.68. The fourth-order valence-electron chi connectivity index (χ4n) is 1.41. The Morgan fingerprint density at radius 3 is 2.72 bits per heavy atom. The predicted molar refractivity (Wildman–Crippen MR) is 69.8 cm³/mol. The summed E-state index contributed by atoms with van der Waals surface area (Å²) in [6.07, 6.45) is 1.43. The van der Waals surface area contributed by atoms with Gasteiger partial charge in [0.15, 0.2) is 5.76 Å². The molecule has 0 saturated carbocycles. The summed E-state index contributed by atoms with van der Waals surface area (Å²) in [5.41, 5.74) is 3.81. The van der Waals surface area contributed by atoms with E-state index in [1.54, 1.807) is 25.1 Å². The largest absolute Gasteiger partial charge is 0.459 e. The van der Waals surface area contributed by atoms with Crippen molar-refractivity contribution in [3.8, 4) is 0 Å². The van der Waals surface area contributed by atoms with E-state index in [1.807, 2.05) is 18.2 Å². The average molecular weight is 263 g/mol. The topological polar surface area (TPSA) is 54.6 Å². The smallest absolute Gasteiger partial charge is 0.307 e. The zero-order chi connectivity index (χ0) is 13.0. The Kier molecular flexibility index (Phi) is 3.79. The van der Waals surface area contributed by atoms with Crippen molar-refractivity contribution in [2.24, 2.45) is 5.10 Å². The molecule has 1 aromatic carbocycles. The number of rotatable bonds is 3. The molecule has 5 heteroatoms. The summed E-state index contributed by atoms with van der Waals surface area (Å²) in [5, 5.41) is 4.57. The van der Waals surface area contributed by atoms with Crippen molar-refractivity contribution in [1.82, 2.24) is 5.43 Å². The fraction of sp³-hybridized carbons (Fsp3) is 0.0769. The first-order chi connectivity index (χ1) is 8.68. The average Bonchev–Trinajstić information content (AvgIpc) is 2.90. The molecule has 92 valence electrons. The molecule has 0 atom stereocenters. The predicted octanol–water partition coefficient (Wildman–Crippen LogP) is 3.09. The maximum atomic E-state index is 11.6. The molecule has 18 heavy (non-hydrogen) atoms. The van der Waals surface area contributed by atoms with Crippen LogP contribution in [0.1, 0.15) is 23.0 Å². The monoisotopic (exact) mass is 262 g/mol. The number of furan rings is 1. The van der Waals surface area contributed by atoms with Gasteiger partial charge in [-0.2, -0.15) is 5.10 Å². The van der Waals surface area contributed by atoms with Gasteiger partial charge >= 0.3 is 5.91 Å². The highest BCUT2D eigenvalue weighted by atomic mass is 35.5. The molecule has 0 unspecified atom stereocenters. The molecule has 4 nitrogen and oxygen atoms in total. The molecule has 0 radical (unpaired) electrons. The molecule has 1 heterocycles. The minimum absolute atomic E-state index is 0.214. The third kappa shape index (κ3) is 2.78. The molecule has 2 rings (SSSR count). The van der Waals surface area contributed by atoms with Gasteiger partial charge in [0.25, 0.3) is 0 Å². The number of nitrogens with zero attached hydrogens (tertiary/aromatic N) is 1. The molecular formula is C13H11ClN2O2. The number of hydrogen-bond donors (Lipinski definition) is 1. The van der Waals surface area contributed by atoms with Crippen molar-refractivity contribution in [3.63, 3.8) is 0 Å². The number of carbonyl (C=O) groups excluding carboxylic acids is 1. The van der Waals surface area contributed by atoms with Gasteiger partial charge in [-0.25, -0.2) is 5.43 Å². The second-order valence-electron chi connectivity index (χ2n) is 3.60. The van der Waals surface area contributed by atoms with Gasteiger partial charge in [-0.05, 0) is 25.1 Å². The van der Waals surface area contributed by atoms with Gasteiger partial charge in [0.1, 0.15) is 0 Å². The lowest BCUT2D eigenvalue weighted by molar-refractivity contribution is 0.0927. The van der Waals surface area contributed by atoms with Crippen molar-refractivity contribution in [1.29, 1.82) is 0 Å². The van der Waals surface area contributed by atoms with Gasteiger partial charge in [0.2, 0.25) is 0 Å². The Bertz CT molecular complexity index is 576. The highest BCUT2D eigenvalue weighted by Crippen LogP contribution is 2.15. The summed E-state index contributed by atoms with van der Waals surface area (Å²) in [7, 11) is 0. The standard InChI is InChI=1S/C13H11ClN2O2/c1-9(10-5-2-3-6-11(10)14)15-16-13(17)12-7-4-8-18-12/h2-8H,1H3,(H,16,17)/b15-9-. The molecule has 0 spiro atoms. The van der Waals surface area contributed by atoms with E-state index < -0.39 is 5.91 Å². The SMILES string of the molecule is C/C(=N/NC(=O)c1ccco1)c1ccccc1Cl. The summed E-state index contributed by atoms with van der Waals surface area (Å²) in [6, 6.07) is 10.5. The van der Waals surface area contributed by atoms with E-state index in [4.69, 9.17) is 16.0 Å². The summed E-state index contributed by atoms with van der Waals surface area (Å²) in [4.78, 5) is 11.6. The molecular weight excluding hydrogens is 252 g/mol. The van der Waals surface area contributed by atoms with Gasteiger partial charge in [0.05, 0.1) is 12.0 Å². The number of halogens is 1. The Hall–Kier alpha value is -2.07. The van der Waals surface area contributed by atoms with Crippen LogP contribution >= 0.6 is 11.6 Å². The second-order valence-corrected chi connectivity index (χ2v) is 4.00. The molecule has 0 fully saturated rings. The quantitative estimate of drug-likeness (QED) is 0.683. The van der Waals surface area contributed by atoms with E-state index in [2.05, 4.69) is 10.5 Å². The molecule has 0 aliphatic carbocycles. The first kappa shape index (κ1) is 12.4. The van der Waals surface area contributed by atoms with E-state index in [1.165, 1.54) is 6.26 Å². The lowest BCUT2D eigenvalue weighted by atomic mass is 10.1. The number of hydrogen-bond acceptors (Lipinski definition) is 3. The zero-order valence-electron chi connectivity index (χ0n) is 9.68. The van der Waals surface area contributed by atoms with Crippen molar-refractivity contribution >= 4 is 23.2 Å². The molecule has 1 N–H and O–H groups in total. The summed E-state index contributed by atoms with van der Waals surface area (Å²) < 4.78 is 4.95. The molecule has 0 saturated heterocycles. The van der Waals surface area contributed by atoms with Crippen LogP contribution < -0.4 is 5.43 Å². The molecule has 1 amide bonds. The van der Waals surface area contributed by atoms with Gasteiger partial charge in [0, 0.05) is 10.6 Å². The Morgan fingerprint density at radius 2 is 2.06 bits per heavy atom. The lowest BCUT2D eigenvalue weighted by Crippen LogP contribution is -2.18. The van der Waals surface area contributed by atoms with E-state index in [-0.39, 0.29) is 5.76 Å². The van der Waals surface area contributed by atoms with Crippen molar-refractivity contribution in [2.75, 3.05) is 0 Å².